The van der Waals surface area contributed by atoms with E-state index < -0.39 is 50.4 Å². The highest BCUT2D eigenvalue weighted by atomic mass is 16.6. The van der Waals surface area contributed by atoms with Gasteiger partial charge in [0.15, 0.2) is 0 Å². The SMILES string of the molecule is CC[C@@H](C(=O)O)N1C(=O)c2ccc([N+](=O)[O-])c3c([N+](=O)[O-])ccc(c23)C1=O. The van der Waals surface area contributed by atoms with Gasteiger partial charge < -0.3 is 5.11 Å². The highest BCUT2D eigenvalue weighted by Gasteiger charge is 2.42. The van der Waals surface area contributed by atoms with E-state index in [-0.39, 0.29) is 22.9 Å². The van der Waals surface area contributed by atoms with Crippen LogP contribution in [0.4, 0.5) is 11.4 Å². The van der Waals surface area contributed by atoms with E-state index in [0.29, 0.717) is 4.90 Å². The van der Waals surface area contributed by atoms with Gasteiger partial charge in [0.05, 0.1) is 9.85 Å². The monoisotopic (exact) mass is 373 g/mol. The third kappa shape index (κ3) is 2.47. The number of carbonyl (C=O) groups is 3. The van der Waals surface area contributed by atoms with Crippen LogP contribution in [-0.4, -0.2) is 43.7 Å². The fourth-order valence-electron chi connectivity index (χ4n) is 3.22. The molecule has 0 aromatic heterocycles. The lowest BCUT2D eigenvalue weighted by Gasteiger charge is -2.30. The van der Waals surface area contributed by atoms with Gasteiger partial charge in [-0.2, -0.15) is 0 Å². The van der Waals surface area contributed by atoms with Crippen molar-refractivity contribution >= 4 is 39.9 Å². The number of imide groups is 1. The maximum Gasteiger partial charge on any atom is 0.326 e. The molecule has 1 N–H and O–H groups in total. The van der Waals surface area contributed by atoms with Crippen LogP contribution in [0.15, 0.2) is 24.3 Å². The Hall–Kier alpha value is -3.89. The van der Waals surface area contributed by atoms with E-state index in [1.54, 1.807) is 0 Å². The predicted molar refractivity (Wildman–Crippen MR) is 89.5 cm³/mol. The van der Waals surface area contributed by atoms with Gasteiger partial charge in [0.25, 0.3) is 23.2 Å². The average Bonchev–Trinajstić information content (AvgIpc) is 2.61. The van der Waals surface area contributed by atoms with Crippen LogP contribution in [0.25, 0.3) is 10.8 Å². The lowest BCUT2D eigenvalue weighted by Crippen LogP contribution is -2.50. The van der Waals surface area contributed by atoms with Crippen molar-refractivity contribution in [2.45, 2.75) is 19.4 Å². The number of aliphatic carboxylic acids is 1. The summed E-state index contributed by atoms with van der Waals surface area (Å²) >= 11 is 0. The fraction of sp³-hybridized carbons (Fsp3) is 0.188. The topological polar surface area (TPSA) is 161 Å². The summed E-state index contributed by atoms with van der Waals surface area (Å²) < 4.78 is 0. The smallest absolute Gasteiger partial charge is 0.326 e. The highest BCUT2D eigenvalue weighted by molar-refractivity contribution is 6.28. The quantitative estimate of drug-likeness (QED) is 0.473. The molecule has 138 valence electrons. The third-order valence-electron chi connectivity index (χ3n) is 4.39. The number of carbonyl (C=O) groups excluding carboxylic acids is 2. The second kappa shape index (κ2) is 6.12. The van der Waals surface area contributed by atoms with Gasteiger partial charge in [0.1, 0.15) is 11.4 Å². The van der Waals surface area contributed by atoms with Crippen molar-refractivity contribution in [3.63, 3.8) is 0 Å². The molecule has 0 unspecified atom stereocenters. The number of carboxylic acids is 1. The van der Waals surface area contributed by atoms with Gasteiger partial charge in [0, 0.05) is 28.6 Å². The molecule has 2 aromatic rings. The minimum absolute atomic E-state index is 0.0503. The molecule has 0 saturated carbocycles. The Morgan fingerprint density at radius 2 is 1.44 bits per heavy atom. The van der Waals surface area contributed by atoms with Crippen molar-refractivity contribution in [1.29, 1.82) is 0 Å². The van der Waals surface area contributed by atoms with E-state index in [0.717, 1.165) is 24.3 Å². The predicted octanol–water partition coefficient (Wildman–Crippen LogP) is 2.12. The molecule has 0 radical (unpaired) electrons. The van der Waals surface area contributed by atoms with Crippen molar-refractivity contribution in [2.24, 2.45) is 0 Å². The summed E-state index contributed by atoms with van der Waals surface area (Å²) in [5, 5.41) is 31.3. The van der Waals surface area contributed by atoms with Gasteiger partial charge in [-0.3, -0.25) is 34.7 Å². The molecule has 1 heterocycles. The summed E-state index contributed by atoms with van der Waals surface area (Å²) in [7, 11) is 0. The van der Waals surface area contributed by atoms with Crippen LogP contribution in [0.3, 0.4) is 0 Å². The molecule has 2 amide bonds. The molecule has 0 aliphatic carbocycles. The Kier molecular flexibility index (Phi) is 4.06. The van der Waals surface area contributed by atoms with E-state index in [1.807, 2.05) is 0 Å². The zero-order valence-electron chi connectivity index (χ0n) is 13.7. The van der Waals surface area contributed by atoms with E-state index in [4.69, 9.17) is 0 Å². The van der Waals surface area contributed by atoms with E-state index in [9.17, 15) is 39.7 Å². The Bertz CT molecular complexity index is 993. The van der Waals surface area contributed by atoms with Gasteiger partial charge in [-0.15, -0.1) is 0 Å². The zero-order valence-corrected chi connectivity index (χ0v) is 13.7. The molecule has 3 rings (SSSR count). The molecule has 27 heavy (non-hydrogen) atoms. The minimum atomic E-state index is -1.43. The van der Waals surface area contributed by atoms with E-state index in [2.05, 4.69) is 0 Å². The van der Waals surface area contributed by atoms with Gasteiger partial charge in [0.2, 0.25) is 0 Å². The molecule has 1 aliphatic rings. The zero-order chi connectivity index (χ0) is 20.0. The number of nitro benzene ring substituents is 2. The van der Waals surface area contributed by atoms with Crippen molar-refractivity contribution in [1.82, 2.24) is 4.90 Å². The van der Waals surface area contributed by atoms with Crippen LogP contribution >= 0.6 is 0 Å². The second-order valence-electron chi connectivity index (χ2n) is 5.77. The summed E-state index contributed by atoms with van der Waals surface area (Å²) in [5.74, 6) is -3.33. The van der Waals surface area contributed by atoms with Crippen LogP contribution in [0, 0.1) is 20.2 Å². The molecule has 0 spiro atoms. The maximum absolute atomic E-state index is 12.8. The molecule has 0 saturated heterocycles. The largest absolute Gasteiger partial charge is 0.480 e. The first-order valence-electron chi connectivity index (χ1n) is 7.69. The lowest BCUT2D eigenvalue weighted by molar-refractivity contribution is -0.390. The number of rotatable bonds is 5. The third-order valence-corrected chi connectivity index (χ3v) is 4.39. The Balaban J connectivity index is 2.41. The number of nitrogens with zero attached hydrogens (tertiary/aromatic N) is 3. The van der Waals surface area contributed by atoms with Gasteiger partial charge >= 0.3 is 5.97 Å². The van der Waals surface area contributed by atoms with Gasteiger partial charge in [-0.25, -0.2) is 4.79 Å². The summed E-state index contributed by atoms with van der Waals surface area (Å²) in [6.07, 6.45) is -0.0503. The molecule has 0 fully saturated rings. The first-order valence-corrected chi connectivity index (χ1v) is 7.69. The minimum Gasteiger partial charge on any atom is -0.480 e. The second-order valence-corrected chi connectivity index (χ2v) is 5.77. The highest BCUT2D eigenvalue weighted by Crippen LogP contribution is 2.41. The van der Waals surface area contributed by atoms with Crippen LogP contribution < -0.4 is 0 Å². The Labute approximate surface area is 150 Å². The molecule has 0 bridgehead atoms. The fourth-order valence-corrected chi connectivity index (χ4v) is 3.22. The summed E-state index contributed by atoms with van der Waals surface area (Å²) in [6, 6.07) is 2.58. The summed E-state index contributed by atoms with van der Waals surface area (Å²) in [5.41, 5.74) is -1.65. The number of hydrogen-bond donors (Lipinski definition) is 1. The molecular formula is C16H11N3O8. The van der Waals surface area contributed by atoms with Crippen molar-refractivity contribution in [2.75, 3.05) is 0 Å². The number of nitro groups is 2. The number of benzene rings is 2. The molecule has 2 aromatic carbocycles. The maximum atomic E-state index is 12.8. The molecule has 1 aliphatic heterocycles. The number of non-ortho nitro benzene ring substituents is 2. The summed E-state index contributed by atoms with van der Waals surface area (Å²) in [4.78, 5) is 58.5. The Morgan fingerprint density at radius 1 is 1.00 bits per heavy atom. The van der Waals surface area contributed by atoms with Crippen LogP contribution in [0.2, 0.25) is 0 Å². The van der Waals surface area contributed by atoms with Crippen molar-refractivity contribution < 1.29 is 29.3 Å². The van der Waals surface area contributed by atoms with Crippen molar-refractivity contribution in [3.05, 3.63) is 55.6 Å². The van der Waals surface area contributed by atoms with Crippen LogP contribution in [0.5, 0.6) is 0 Å². The lowest BCUT2D eigenvalue weighted by atomic mass is 9.91. The van der Waals surface area contributed by atoms with Crippen molar-refractivity contribution in [3.8, 4) is 0 Å². The average molecular weight is 373 g/mol. The van der Waals surface area contributed by atoms with Crippen LogP contribution in [-0.2, 0) is 4.79 Å². The molecule has 11 nitrogen and oxygen atoms in total. The molecular weight excluding hydrogens is 362 g/mol. The number of hydrogen-bond acceptors (Lipinski definition) is 7. The van der Waals surface area contributed by atoms with Gasteiger partial charge in [-0.05, 0) is 18.6 Å². The molecule has 11 heteroatoms. The summed E-state index contributed by atoms with van der Waals surface area (Å²) in [6.45, 7) is 1.48. The number of amides is 2. The first kappa shape index (κ1) is 17.9. The number of carboxylic acid groups (broad SMARTS) is 1. The van der Waals surface area contributed by atoms with E-state index in [1.165, 1.54) is 6.92 Å². The van der Waals surface area contributed by atoms with Crippen LogP contribution in [0.1, 0.15) is 34.1 Å². The molecule has 1 atom stereocenters. The first-order chi connectivity index (χ1) is 12.7. The van der Waals surface area contributed by atoms with E-state index >= 15 is 0 Å². The Morgan fingerprint density at radius 3 is 1.78 bits per heavy atom. The standard InChI is InChI=1S/C16H11N3O8/c1-2-9(16(22)23)17-14(20)7-3-5-10(18(24)25)13-11(19(26)27)6-4-8(12(7)13)15(17)21/h3-6,9H,2H2,1H3,(H,22,23)/t9-/m0/s1. The normalized spacial score (nSPS) is 14.3. The van der Waals surface area contributed by atoms with Gasteiger partial charge in [-0.1, -0.05) is 6.92 Å².